The van der Waals surface area contributed by atoms with E-state index in [-0.39, 0.29) is 12.0 Å². The van der Waals surface area contributed by atoms with Crippen molar-refractivity contribution in [3.8, 4) is 11.3 Å². The van der Waals surface area contributed by atoms with Gasteiger partial charge in [0, 0.05) is 38.2 Å². The minimum atomic E-state index is 0.0861. The molecule has 3 aromatic rings. The van der Waals surface area contributed by atoms with E-state index in [4.69, 9.17) is 25.2 Å². The second kappa shape index (κ2) is 7.41. The number of hydrogen-bond acceptors (Lipinski definition) is 9. The fraction of sp³-hybridized carbons (Fsp3) is 0.471. The van der Waals surface area contributed by atoms with Crippen LogP contribution in [0.3, 0.4) is 0 Å². The Morgan fingerprint density at radius 3 is 2.63 bits per heavy atom. The van der Waals surface area contributed by atoms with Gasteiger partial charge in [-0.25, -0.2) is 19.9 Å². The lowest BCUT2D eigenvalue weighted by Crippen LogP contribution is -2.37. The first-order valence-corrected chi connectivity index (χ1v) is 8.81. The lowest BCUT2D eigenvalue weighted by Gasteiger charge is -2.27. The highest BCUT2D eigenvalue weighted by molar-refractivity contribution is 5.88. The molecule has 4 heterocycles. The summed E-state index contributed by atoms with van der Waals surface area (Å²) in [7, 11) is 1.68. The fourth-order valence-corrected chi connectivity index (χ4v) is 3.12. The van der Waals surface area contributed by atoms with Gasteiger partial charge in [0.15, 0.2) is 5.65 Å². The van der Waals surface area contributed by atoms with E-state index in [0.29, 0.717) is 37.0 Å². The monoisotopic (exact) mass is 370 g/mol. The molecule has 0 spiro atoms. The van der Waals surface area contributed by atoms with Crippen molar-refractivity contribution in [2.24, 2.45) is 0 Å². The normalized spacial score (nSPS) is 16.0. The van der Waals surface area contributed by atoms with Crippen molar-refractivity contribution in [2.45, 2.75) is 13.0 Å². The Bertz CT molecular complexity index is 921. The number of imidazole rings is 1. The van der Waals surface area contributed by atoms with E-state index in [9.17, 15) is 0 Å². The van der Waals surface area contributed by atoms with Crippen LogP contribution in [0.1, 0.15) is 13.0 Å². The predicted molar refractivity (Wildman–Crippen MR) is 100 cm³/mol. The van der Waals surface area contributed by atoms with E-state index in [1.807, 2.05) is 4.57 Å². The van der Waals surface area contributed by atoms with Gasteiger partial charge in [-0.3, -0.25) is 0 Å². The van der Waals surface area contributed by atoms with Crippen LogP contribution in [-0.4, -0.2) is 69.5 Å². The zero-order valence-electron chi connectivity index (χ0n) is 15.4. The second-order valence-corrected chi connectivity index (χ2v) is 6.43. The molecule has 1 aliphatic rings. The fourth-order valence-electron chi connectivity index (χ4n) is 3.12. The molecule has 0 bridgehead atoms. The van der Waals surface area contributed by atoms with Crippen LogP contribution in [-0.2, 0) is 9.47 Å². The quantitative estimate of drug-likeness (QED) is 0.699. The second-order valence-electron chi connectivity index (χ2n) is 6.43. The zero-order valence-corrected chi connectivity index (χ0v) is 15.4. The first kappa shape index (κ1) is 17.6. The average Bonchev–Trinajstić information content (AvgIpc) is 3.13. The number of rotatable bonds is 5. The molecule has 27 heavy (non-hydrogen) atoms. The molecule has 10 heteroatoms. The Morgan fingerprint density at radius 1 is 1.19 bits per heavy atom. The Morgan fingerprint density at radius 2 is 1.93 bits per heavy atom. The number of aromatic nitrogens is 6. The number of ether oxygens (including phenoxy) is 2. The summed E-state index contributed by atoms with van der Waals surface area (Å²) in [5.41, 5.74) is 8.51. The van der Waals surface area contributed by atoms with Gasteiger partial charge in [0.25, 0.3) is 0 Å². The molecule has 0 aromatic carbocycles. The van der Waals surface area contributed by atoms with Crippen molar-refractivity contribution in [3.63, 3.8) is 0 Å². The smallest absolute Gasteiger partial charge is 0.228 e. The summed E-state index contributed by atoms with van der Waals surface area (Å²) in [5, 5.41) is 0. The standard InChI is InChI=1S/C17H22N8O2/c1-11(9-26-2)25-10-21-14-13(12-7-19-16(18)20-8-12)22-17(23-15(14)25)24-3-5-27-6-4-24/h7-8,10-11H,3-6,9H2,1-2H3,(H2,18,19,20). The minimum absolute atomic E-state index is 0.0861. The highest BCUT2D eigenvalue weighted by Gasteiger charge is 2.21. The van der Waals surface area contributed by atoms with E-state index >= 15 is 0 Å². The lowest BCUT2D eigenvalue weighted by atomic mass is 10.2. The van der Waals surface area contributed by atoms with Crippen molar-refractivity contribution in [1.82, 2.24) is 29.5 Å². The average molecular weight is 370 g/mol. The molecule has 1 atom stereocenters. The van der Waals surface area contributed by atoms with Crippen LogP contribution in [0.5, 0.6) is 0 Å². The molecular formula is C17H22N8O2. The number of nitrogen functional groups attached to an aromatic ring is 1. The van der Waals surface area contributed by atoms with Gasteiger partial charge in [-0.1, -0.05) is 0 Å². The van der Waals surface area contributed by atoms with Gasteiger partial charge >= 0.3 is 0 Å². The number of fused-ring (bicyclic) bond motifs is 1. The number of anilines is 2. The third-order valence-corrected chi connectivity index (χ3v) is 4.53. The number of methoxy groups -OCH3 is 1. The third kappa shape index (κ3) is 3.40. The summed E-state index contributed by atoms with van der Waals surface area (Å²) in [6.45, 7) is 5.41. The Labute approximate surface area is 156 Å². The number of hydrogen-bond donors (Lipinski definition) is 1. The molecule has 10 nitrogen and oxygen atoms in total. The Kier molecular flexibility index (Phi) is 4.82. The molecule has 142 valence electrons. The molecule has 1 aliphatic heterocycles. The summed E-state index contributed by atoms with van der Waals surface area (Å²) in [5.74, 6) is 0.862. The van der Waals surface area contributed by atoms with E-state index in [2.05, 4.69) is 26.8 Å². The maximum Gasteiger partial charge on any atom is 0.228 e. The SMILES string of the molecule is COCC(C)n1cnc2c(-c3cnc(N)nc3)nc(N3CCOCC3)nc21. The van der Waals surface area contributed by atoms with Gasteiger partial charge in [-0.15, -0.1) is 0 Å². The van der Waals surface area contributed by atoms with E-state index in [1.54, 1.807) is 25.8 Å². The first-order chi connectivity index (χ1) is 13.2. The maximum atomic E-state index is 5.63. The van der Waals surface area contributed by atoms with Crippen molar-refractivity contribution in [2.75, 3.05) is 50.7 Å². The number of nitrogens with two attached hydrogens (primary N) is 1. The summed E-state index contributed by atoms with van der Waals surface area (Å²) in [4.78, 5) is 24.4. The van der Waals surface area contributed by atoms with Gasteiger partial charge in [0.1, 0.15) is 11.2 Å². The molecule has 0 aliphatic carbocycles. The van der Waals surface area contributed by atoms with E-state index < -0.39 is 0 Å². The lowest BCUT2D eigenvalue weighted by molar-refractivity contribution is 0.122. The molecule has 1 fully saturated rings. The van der Waals surface area contributed by atoms with Crippen LogP contribution in [0, 0.1) is 0 Å². The van der Waals surface area contributed by atoms with Crippen LogP contribution < -0.4 is 10.6 Å². The third-order valence-electron chi connectivity index (χ3n) is 4.53. The van der Waals surface area contributed by atoms with Crippen LogP contribution in [0.2, 0.25) is 0 Å². The van der Waals surface area contributed by atoms with Crippen LogP contribution in [0.25, 0.3) is 22.4 Å². The van der Waals surface area contributed by atoms with E-state index in [1.165, 1.54) is 0 Å². The predicted octanol–water partition coefficient (Wildman–Crippen LogP) is 0.910. The summed E-state index contributed by atoms with van der Waals surface area (Å²) in [6, 6.07) is 0.0861. The van der Waals surface area contributed by atoms with E-state index in [0.717, 1.165) is 24.3 Å². The van der Waals surface area contributed by atoms with Gasteiger partial charge in [0.05, 0.1) is 32.2 Å². The van der Waals surface area contributed by atoms with Gasteiger partial charge in [-0.05, 0) is 6.92 Å². The zero-order chi connectivity index (χ0) is 18.8. The Hall–Kier alpha value is -2.85. The first-order valence-electron chi connectivity index (χ1n) is 8.81. The summed E-state index contributed by atoms with van der Waals surface area (Å²) >= 11 is 0. The molecular weight excluding hydrogens is 348 g/mol. The topological polar surface area (TPSA) is 117 Å². The molecule has 4 rings (SSSR count). The largest absolute Gasteiger partial charge is 0.383 e. The van der Waals surface area contributed by atoms with Crippen molar-refractivity contribution >= 4 is 23.1 Å². The molecule has 2 N–H and O–H groups in total. The molecule has 0 saturated carbocycles. The molecule has 3 aromatic heterocycles. The van der Waals surface area contributed by atoms with Gasteiger partial charge in [-0.2, -0.15) is 4.98 Å². The van der Waals surface area contributed by atoms with Crippen LogP contribution in [0.15, 0.2) is 18.7 Å². The highest BCUT2D eigenvalue weighted by atomic mass is 16.5. The number of morpholine rings is 1. The molecule has 1 unspecified atom stereocenters. The maximum absolute atomic E-state index is 5.63. The van der Waals surface area contributed by atoms with Crippen LogP contribution in [0.4, 0.5) is 11.9 Å². The highest BCUT2D eigenvalue weighted by Crippen LogP contribution is 2.28. The molecule has 1 saturated heterocycles. The molecule has 0 radical (unpaired) electrons. The van der Waals surface area contributed by atoms with Crippen molar-refractivity contribution < 1.29 is 9.47 Å². The number of nitrogens with zero attached hydrogens (tertiary/aromatic N) is 7. The molecule has 0 amide bonds. The van der Waals surface area contributed by atoms with Crippen molar-refractivity contribution in [3.05, 3.63) is 18.7 Å². The summed E-state index contributed by atoms with van der Waals surface area (Å²) in [6.07, 6.45) is 5.09. The van der Waals surface area contributed by atoms with Crippen molar-refractivity contribution in [1.29, 1.82) is 0 Å². The Balaban J connectivity index is 1.87. The summed E-state index contributed by atoms with van der Waals surface area (Å²) < 4.78 is 12.8. The van der Waals surface area contributed by atoms with Crippen LogP contribution >= 0.6 is 0 Å². The minimum Gasteiger partial charge on any atom is -0.383 e. The van der Waals surface area contributed by atoms with Gasteiger partial charge in [0.2, 0.25) is 11.9 Å². The van der Waals surface area contributed by atoms with Gasteiger partial charge < -0.3 is 24.7 Å².